The first-order chi connectivity index (χ1) is 6.77. The van der Waals surface area contributed by atoms with Crippen molar-refractivity contribution in [2.45, 2.75) is 44.6 Å². The van der Waals surface area contributed by atoms with Crippen molar-refractivity contribution in [3.05, 3.63) is 0 Å². The monoisotopic (exact) mass is 197 g/mol. The van der Waals surface area contributed by atoms with Gasteiger partial charge in [0, 0.05) is 12.6 Å². The summed E-state index contributed by atoms with van der Waals surface area (Å²) in [5, 5.41) is 8.97. The van der Waals surface area contributed by atoms with Crippen molar-refractivity contribution in [3.63, 3.8) is 0 Å². The van der Waals surface area contributed by atoms with Crippen LogP contribution in [0.5, 0.6) is 0 Å². The van der Waals surface area contributed by atoms with Gasteiger partial charge < -0.3 is 5.11 Å². The molecule has 0 spiro atoms. The lowest BCUT2D eigenvalue weighted by Gasteiger charge is -2.35. The lowest BCUT2D eigenvalue weighted by atomic mass is 9.96. The van der Waals surface area contributed by atoms with Gasteiger partial charge in [-0.3, -0.25) is 9.69 Å². The lowest BCUT2D eigenvalue weighted by molar-refractivity contribution is -0.143. The molecule has 0 aromatic rings. The molecule has 1 atom stereocenters. The van der Waals surface area contributed by atoms with E-state index >= 15 is 0 Å². The SMILES string of the molecule is O=C(O)[C@H]1CCCN(C2CCCC2)C1. The Bertz CT molecular complexity index is 211. The second-order valence-corrected chi connectivity index (χ2v) is 4.61. The van der Waals surface area contributed by atoms with Crippen LogP contribution in [0.3, 0.4) is 0 Å². The van der Waals surface area contributed by atoms with E-state index in [4.69, 9.17) is 5.11 Å². The molecule has 1 saturated carbocycles. The van der Waals surface area contributed by atoms with Crippen LogP contribution in [0.15, 0.2) is 0 Å². The summed E-state index contributed by atoms with van der Waals surface area (Å²) >= 11 is 0. The Balaban J connectivity index is 1.89. The molecule has 80 valence electrons. The Kier molecular flexibility index (Phi) is 3.06. The van der Waals surface area contributed by atoms with Gasteiger partial charge in [-0.05, 0) is 32.2 Å². The van der Waals surface area contributed by atoms with E-state index < -0.39 is 5.97 Å². The van der Waals surface area contributed by atoms with Crippen molar-refractivity contribution in [2.24, 2.45) is 5.92 Å². The van der Waals surface area contributed by atoms with Crippen LogP contribution in [0, 0.1) is 5.92 Å². The third-order valence-electron chi connectivity index (χ3n) is 3.64. The zero-order chi connectivity index (χ0) is 9.97. The fourth-order valence-electron chi connectivity index (χ4n) is 2.81. The van der Waals surface area contributed by atoms with Gasteiger partial charge in [0.05, 0.1) is 5.92 Å². The zero-order valence-electron chi connectivity index (χ0n) is 8.61. The standard InChI is InChI=1S/C11H19NO2/c13-11(14)9-4-3-7-12(8-9)10-5-1-2-6-10/h9-10H,1-8H2,(H,13,14)/t9-/m0/s1. The van der Waals surface area contributed by atoms with Gasteiger partial charge in [0.15, 0.2) is 0 Å². The maximum absolute atomic E-state index is 10.9. The molecule has 1 heterocycles. The second-order valence-electron chi connectivity index (χ2n) is 4.61. The summed E-state index contributed by atoms with van der Waals surface area (Å²) in [6.45, 7) is 1.91. The summed E-state index contributed by atoms with van der Waals surface area (Å²) in [7, 11) is 0. The first-order valence-corrected chi connectivity index (χ1v) is 5.74. The summed E-state index contributed by atoms with van der Waals surface area (Å²) in [6.07, 6.45) is 7.17. The molecule has 0 aromatic carbocycles. The van der Waals surface area contributed by atoms with Gasteiger partial charge in [-0.2, -0.15) is 0 Å². The average molecular weight is 197 g/mol. The predicted octanol–water partition coefficient (Wildman–Crippen LogP) is 1.73. The van der Waals surface area contributed by atoms with Crippen molar-refractivity contribution >= 4 is 5.97 Å². The number of hydrogen-bond acceptors (Lipinski definition) is 2. The van der Waals surface area contributed by atoms with E-state index in [0.717, 1.165) is 25.9 Å². The Morgan fingerprint density at radius 2 is 1.86 bits per heavy atom. The van der Waals surface area contributed by atoms with E-state index in [2.05, 4.69) is 4.90 Å². The molecule has 3 heteroatoms. The number of carbonyl (C=O) groups is 1. The predicted molar refractivity (Wildman–Crippen MR) is 54.2 cm³/mol. The van der Waals surface area contributed by atoms with E-state index in [1.807, 2.05) is 0 Å². The highest BCUT2D eigenvalue weighted by Gasteiger charge is 2.30. The second kappa shape index (κ2) is 4.30. The zero-order valence-corrected chi connectivity index (χ0v) is 8.61. The van der Waals surface area contributed by atoms with Crippen LogP contribution < -0.4 is 0 Å². The Hall–Kier alpha value is -0.570. The normalized spacial score (nSPS) is 30.7. The molecule has 2 fully saturated rings. The lowest BCUT2D eigenvalue weighted by Crippen LogP contribution is -2.43. The van der Waals surface area contributed by atoms with E-state index in [0.29, 0.717) is 6.04 Å². The van der Waals surface area contributed by atoms with Crippen LogP contribution in [0.4, 0.5) is 0 Å². The molecule has 14 heavy (non-hydrogen) atoms. The third-order valence-corrected chi connectivity index (χ3v) is 3.64. The Morgan fingerprint density at radius 1 is 1.14 bits per heavy atom. The third kappa shape index (κ3) is 2.08. The number of piperidine rings is 1. The molecule has 1 aliphatic carbocycles. The molecule has 0 unspecified atom stereocenters. The van der Waals surface area contributed by atoms with Crippen LogP contribution in [0.2, 0.25) is 0 Å². The van der Waals surface area contributed by atoms with Gasteiger partial charge in [0.1, 0.15) is 0 Å². The highest BCUT2D eigenvalue weighted by atomic mass is 16.4. The Morgan fingerprint density at radius 3 is 2.50 bits per heavy atom. The van der Waals surface area contributed by atoms with Gasteiger partial charge in [-0.1, -0.05) is 12.8 Å². The van der Waals surface area contributed by atoms with Crippen LogP contribution in [0.25, 0.3) is 0 Å². The van der Waals surface area contributed by atoms with Crippen molar-refractivity contribution < 1.29 is 9.90 Å². The maximum atomic E-state index is 10.9. The minimum atomic E-state index is -0.604. The summed E-state index contributed by atoms with van der Waals surface area (Å²) in [6, 6.07) is 0.692. The number of hydrogen-bond donors (Lipinski definition) is 1. The summed E-state index contributed by atoms with van der Waals surface area (Å²) in [5.41, 5.74) is 0. The molecule has 0 aromatic heterocycles. The van der Waals surface area contributed by atoms with E-state index in [-0.39, 0.29) is 5.92 Å². The largest absolute Gasteiger partial charge is 0.481 e. The molecular formula is C11H19NO2. The number of carboxylic acid groups (broad SMARTS) is 1. The highest BCUT2D eigenvalue weighted by molar-refractivity contribution is 5.70. The summed E-state index contributed by atoms with van der Waals surface area (Å²) in [4.78, 5) is 13.3. The van der Waals surface area contributed by atoms with Crippen LogP contribution >= 0.6 is 0 Å². The van der Waals surface area contributed by atoms with E-state index in [1.165, 1.54) is 25.7 Å². The number of rotatable bonds is 2. The number of carboxylic acids is 1. The molecule has 0 amide bonds. The van der Waals surface area contributed by atoms with Gasteiger partial charge in [0.25, 0.3) is 0 Å². The fourth-order valence-corrected chi connectivity index (χ4v) is 2.81. The molecule has 3 nitrogen and oxygen atoms in total. The maximum Gasteiger partial charge on any atom is 0.307 e. The van der Waals surface area contributed by atoms with Crippen molar-refractivity contribution in [1.82, 2.24) is 4.90 Å². The first-order valence-electron chi connectivity index (χ1n) is 5.74. The fraction of sp³-hybridized carbons (Fsp3) is 0.909. The number of likely N-dealkylation sites (tertiary alicyclic amines) is 1. The first kappa shape index (κ1) is 9.97. The molecule has 1 saturated heterocycles. The quantitative estimate of drug-likeness (QED) is 0.733. The topological polar surface area (TPSA) is 40.5 Å². The van der Waals surface area contributed by atoms with Gasteiger partial charge >= 0.3 is 5.97 Å². The van der Waals surface area contributed by atoms with Crippen molar-refractivity contribution in [3.8, 4) is 0 Å². The minimum absolute atomic E-state index is 0.107. The summed E-state index contributed by atoms with van der Waals surface area (Å²) in [5.74, 6) is -0.711. The molecular weight excluding hydrogens is 178 g/mol. The van der Waals surface area contributed by atoms with Crippen molar-refractivity contribution in [1.29, 1.82) is 0 Å². The molecule has 0 radical (unpaired) electrons. The average Bonchev–Trinajstić information content (AvgIpc) is 2.71. The van der Waals surface area contributed by atoms with Crippen LogP contribution in [-0.2, 0) is 4.79 Å². The smallest absolute Gasteiger partial charge is 0.307 e. The van der Waals surface area contributed by atoms with Crippen molar-refractivity contribution in [2.75, 3.05) is 13.1 Å². The van der Waals surface area contributed by atoms with Gasteiger partial charge in [0.2, 0.25) is 0 Å². The van der Waals surface area contributed by atoms with E-state index in [1.54, 1.807) is 0 Å². The Labute approximate surface area is 85.1 Å². The number of aliphatic carboxylic acids is 1. The van der Waals surface area contributed by atoms with Gasteiger partial charge in [-0.25, -0.2) is 0 Å². The molecule has 2 aliphatic rings. The van der Waals surface area contributed by atoms with Crippen LogP contribution in [-0.4, -0.2) is 35.1 Å². The molecule has 1 aliphatic heterocycles. The van der Waals surface area contributed by atoms with E-state index in [9.17, 15) is 4.79 Å². The van der Waals surface area contributed by atoms with Gasteiger partial charge in [-0.15, -0.1) is 0 Å². The minimum Gasteiger partial charge on any atom is -0.481 e. The van der Waals surface area contributed by atoms with Crippen LogP contribution in [0.1, 0.15) is 38.5 Å². The number of nitrogens with zero attached hydrogens (tertiary/aromatic N) is 1. The summed E-state index contributed by atoms with van der Waals surface area (Å²) < 4.78 is 0. The molecule has 0 bridgehead atoms. The molecule has 1 N–H and O–H groups in total. The molecule has 2 rings (SSSR count). The highest BCUT2D eigenvalue weighted by Crippen LogP contribution is 2.27.